The fourth-order valence-electron chi connectivity index (χ4n) is 3.30. The Kier molecular flexibility index (Phi) is 5.46. The lowest BCUT2D eigenvalue weighted by Crippen LogP contribution is -2.52. The number of rotatable bonds is 6. The fraction of sp³-hybridized carbons (Fsp3) is 0.579. The molecule has 1 fully saturated rings. The molecule has 1 aliphatic heterocycles. The van der Waals surface area contributed by atoms with Crippen molar-refractivity contribution in [3.63, 3.8) is 0 Å². The Bertz CT molecular complexity index is 844. The summed E-state index contributed by atoms with van der Waals surface area (Å²) >= 11 is 0. The molecule has 1 saturated heterocycles. The summed E-state index contributed by atoms with van der Waals surface area (Å²) in [6.07, 6.45) is 5.35. The minimum absolute atomic E-state index is 0.114. The topological polar surface area (TPSA) is 91.6 Å². The molecular formula is C19H28N6O2. The molecule has 1 atom stereocenters. The van der Waals surface area contributed by atoms with Gasteiger partial charge in [0.2, 0.25) is 5.91 Å². The van der Waals surface area contributed by atoms with E-state index in [9.17, 15) is 9.59 Å². The summed E-state index contributed by atoms with van der Waals surface area (Å²) in [5.74, 6) is -0.102. The van der Waals surface area contributed by atoms with Crippen molar-refractivity contribution >= 4 is 17.5 Å². The van der Waals surface area contributed by atoms with Crippen molar-refractivity contribution in [2.24, 2.45) is 0 Å². The molecule has 0 spiro atoms. The van der Waals surface area contributed by atoms with Gasteiger partial charge >= 0.3 is 0 Å². The number of fused-ring (bicyclic) bond motifs is 1. The number of amides is 2. The highest BCUT2D eigenvalue weighted by Gasteiger charge is 2.27. The van der Waals surface area contributed by atoms with E-state index in [2.05, 4.69) is 27.6 Å². The first-order valence-corrected chi connectivity index (χ1v) is 9.40. The van der Waals surface area contributed by atoms with E-state index in [1.807, 2.05) is 31.7 Å². The van der Waals surface area contributed by atoms with Gasteiger partial charge in [-0.2, -0.15) is 5.10 Å². The van der Waals surface area contributed by atoms with Crippen LogP contribution in [0.3, 0.4) is 0 Å². The molecular weight excluding hydrogens is 344 g/mol. The van der Waals surface area contributed by atoms with Crippen LogP contribution in [-0.2, 0) is 4.79 Å². The fourth-order valence-corrected chi connectivity index (χ4v) is 3.30. The second-order valence-electron chi connectivity index (χ2n) is 7.93. The van der Waals surface area contributed by atoms with Crippen LogP contribution in [0.4, 0.5) is 0 Å². The number of hydrogen-bond acceptors (Lipinski definition) is 5. The Morgan fingerprint density at radius 3 is 2.85 bits per heavy atom. The molecule has 0 aromatic carbocycles. The Hall–Kier alpha value is -2.48. The van der Waals surface area contributed by atoms with E-state index in [0.29, 0.717) is 23.8 Å². The monoisotopic (exact) mass is 372 g/mol. The van der Waals surface area contributed by atoms with Crippen LogP contribution >= 0.6 is 0 Å². The van der Waals surface area contributed by atoms with Gasteiger partial charge in [0.25, 0.3) is 5.91 Å². The average molecular weight is 372 g/mol. The smallest absolute Gasteiger partial charge is 0.254 e. The molecule has 0 unspecified atom stereocenters. The third kappa shape index (κ3) is 4.63. The van der Waals surface area contributed by atoms with Crippen molar-refractivity contribution < 1.29 is 9.59 Å². The van der Waals surface area contributed by atoms with Crippen molar-refractivity contribution in [3.05, 3.63) is 29.7 Å². The first kappa shape index (κ1) is 19.3. The minimum atomic E-state index is -0.409. The predicted octanol–water partition coefficient (Wildman–Crippen LogP) is 1.15. The van der Waals surface area contributed by atoms with Gasteiger partial charge in [0.15, 0.2) is 5.65 Å². The van der Waals surface area contributed by atoms with E-state index in [1.54, 1.807) is 16.9 Å². The molecule has 8 heteroatoms. The van der Waals surface area contributed by atoms with Gasteiger partial charge in [-0.3, -0.25) is 9.59 Å². The molecule has 3 heterocycles. The molecule has 27 heavy (non-hydrogen) atoms. The number of hydrogen-bond donors (Lipinski definition) is 2. The van der Waals surface area contributed by atoms with Crippen molar-refractivity contribution in [2.45, 2.75) is 52.1 Å². The Balaban J connectivity index is 1.52. The van der Waals surface area contributed by atoms with Crippen LogP contribution in [0.5, 0.6) is 0 Å². The number of aromatic nitrogens is 3. The quantitative estimate of drug-likeness (QED) is 0.794. The van der Waals surface area contributed by atoms with Gasteiger partial charge in [0.05, 0.1) is 17.8 Å². The molecule has 146 valence electrons. The maximum absolute atomic E-state index is 12.4. The second kappa shape index (κ2) is 7.64. The Morgan fingerprint density at radius 1 is 1.37 bits per heavy atom. The van der Waals surface area contributed by atoms with E-state index >= 15 is 0 Å². The number of carbonyl (C=O) groups excluding carboxylic acids is 2. The SMILES string of the molecule is Cc1cc2ncc(C(=O)NCC(C)(C)NCC(=O)N3CCC[C@H]3C)cn2n1. The van der Waals surface area contributed by atoms with Gasteiger partial charge in [0.1, 0.15) is 0 Å². The number of nitrogens with one attached hydrogen (secondary N) is 2. The first-order valence-electron chi connectivity index (χ1n) is 9.40. The molecule has 0 bridgehead atoms. The summed E-state index contributed by atoms with van der Waals surface area (Å²) in [5, 5.41) is 10.4. The summed E-state index contributed by atoms with van der Waals surface area (Å²) in [4.78, 5) is 31.0. The van der Waals surface area contributed by atoms with Crippen LogP contribution in [0, 0.1) is 6.92 Å². The van der Waals surface area contributed by atoms with E-state index in [0.717, 1.165) is 25.1 Å². The predicted molar refractivity (Wildman–Crippen MR) is 103 cm³/mol. The highest BCUT2D eigenvalue weighted by atomic mass is 16.2. The highest BCUT2D eigenvalue weighted by molar-refractivity contribution is 5.93. The molecule has 2 aromatic heterocycles. The van der Waals surface area contributed by atoms with Crippen LogP contribution in [0.25, 0.3) is 5.65 Å². The van der Waals surface area contributed by atoms with Crippen LogP contribution in [0.1, 0.15) is 49.7 Å². The molecule has 0 saturated carbocycles. The third-order valence-electron chi connectivity index (χ3n) is 4.98. The van der Waals surface area contributed by atoms with E-state index in [-0.39, 0.29) is 18.4 Å². The van der Waals surface area contributed by atoms with Gasteiger partial charge in [-0.05, 0) is 40.5 Å². The van der Waals surface area contributed by atoms with Crippen molar-refractivity contribution in [1.82, 2.24) is 30.1 Å². The molecule has 1 aliphatic rings. The zero-order chi connectivity index (χ0) is 19.6. The summed E-state index contributed by atoms with van der Waals surface area (Å²) in [7, 11) is 0. The summed E-state index contributed by atoms with van der Waals surface area (Å²) in [6.45, 7) is 9.40. The van der Waals surface area contributed by atoms with Crippen molar-refractivity contribution in [3.8, 4) is 0 Å². The highest BCUT2D eigenvalue weighted by Crippen LogP contribution is 2.16. The van der Waals surface area contributed by atoms with E-state index in [4.69, 9.17) is 0 Å². The summed E-state index contributed by atoms with van der Waals surface area (Å²) in [5.41, 5.74) is 1.60. The maximum atomic E-state index is 12.4. The lowest BCUT2D eigenvalue weighted by molar-refractivity contribution is -0.131. The largest absolute Gasteiger partial charge is 0.350 e. The van der Waals surface area contributed by atoms with Gasteiger partial charge in [0, 0.05) is 43.1 Å². The van der Waals surface area contributed by atoms with Crippen LogP contribution in [0.2, 0.25) is 0 Å². The van der Waals surface area contributed by atoms with Gasteiger partial charge in [-0.25, -0.2) is 9.50 Å². The van der Waals surface area contributed by atoms with Crippen LogP contribution in [0.15, 0.2) is 18.5 Å². The molecule has 0 aliphatic carbocycles. The molecule has 2 N–H and O–H groups in total. The lowest BCUT2D eigenvalue weighted by Gasteiger charge is -2.29. The van der Waals surface area contributed by atoms with E-state index in [1.165, 1.54) is 0 Å². The van der Waals surface area contributed by atoms with Gasteiger partial charge in [-0.15, -0.1) is 0 Å². The lowest BCUT2D eigenvalue weighted by atomic mass is 10.1. The molecule has 0 radical (unpaired) electrons. The van der Waals surface area contributed by atoms with Crippen molar-refractivity contribution in [2.75, 3.05) is 19.6 Å². The second-order valence-corrected chi connectivity index (χ2v) is 7.93. The third-order valence-corrected chi connectivity index (χ3v) is 4.98. The summed E-state index contributed by atoms with van der Waals surface area (Å²) in [6, 6.07) is 2.17. The molecule has 2 amide bonds. The molecule has 3 rings (SSSR count). The summed E-state index contributed by atoms with van der Waals surface area (Å²) < 4.78 is 1.60. The number of likely N-dealkylation sites (tertiary alicyclic amines) is 1. The minimum Gasteiger partial charge on any atom is -0.350 e. The zero-order valence-electron chi connectivity index (χ0n) is 16.5. The maximum Gasteiger partial charge on any atom is 0.254 e. The van der Waals surface area contributed by atoms with Gasteiger partial charge < -0.3 is 15.5 Å². The van der Waals surface area contributed by atoms with Gasteiger partial charge in [-0.1, -0.05) is 0 Å². The van der Waals surface area contributed by atoms with E-state index < -0.39 is 5.54 Å². The van der Waals surface area contributed by atoms with Crippen LogP contribution in [-0.4, -0.2) is 62.5 Å². The normalized spacial score (nSPS) is 17.5. The number of carbonyl (C=O) groups is 2. The first-order chi connectivity index (χ1) is 12.7. The number of nitrogens with zero attached hydrogens (tertiary/aromatic N) is 4. The molecule has 2 aromatic rings. The van der Waals surface area contributed by atoms with Crippen molar-refractivity contribution in [1.29, 1.82) is 0 Å². The Labute approximate surface area is 159 Å². The molecule has 8 nitrogen and oxygen atoms in total. The average Bonchev–Trinajstić information content (AvgIpc) is 3.21. The number of aryl methyl sites for hydroxylation is 1. The zero-order valence-corrected chi connectivity index (χ0v) is 16.5. The standard InChI is InChI=1S/C19H28N6O2/c1-13-8-16-20-9-15(11-25(16)23-13)18(27)21-12-19(3,4)22-10-17(26)24-7-5-6-14(24)2/h8-9,11,14,22H,5-7,10,12H2,1-4H3,(H,21,27)/t14-/m1/s1. The van der Waals surface area contributed by atoms with Crippen LogP contribution < -0.4 is 10.6 Å². The Morgan fingerprint density at radius 2 is 2.15 bits per heavy atom.